The molecule has 1 aliphatic carbocycles. The average molecular weight is 292 g/mol. The van der Waals surface area contributed by atoms with Crippen LogP contribution < -0.4 is 5.32 Å². The Bertz CT molecular complexity index is 665. The van der Waals surface area contributed by atoms with Crippen LogP contribution in [-0.2, 0) is 12.6 Å². The fourth-order valence-electron chi connectivity index (χ4n) is 2.77. The summed E-state index contributed by atoms with van der Waals surface area (Å²) >= 11 is 0. The number of nitrogens with one attached hydrogen (secondary N) is 1. The minimum Gasteiger partial charge on any atom is -0.377 e. The Morgan fingerprint density at radius 1 is 1.24 bits per heavy atom. The molecule has 0 amide bonds. The number of halogens is 3. The highest BCUT2D eigenvalue weighted by atomic mass is 19.4. The molecule has 1 aromatic heterocycles. The van der Waals surface area contributed by atoms with Crippen molar-refractivity contribution in [2.24, 2.45) is 0 Å². The second kappa shape index (κ2) is 5.06. The average Bonchev–Trinajstić information content (AvgIpc) is 2.83. The van der Waals surface area contributed by atoms with Crippen LogP contribution in [-0.4, -0.2) is 4.98 Å². The lowest BCUT2D eigenvalue weighted by Gasteiger charge is -2.17. The third-order valence-corrected chi connectivity index (χ3v) is 3.84. The molecule has 0 saturated carbocycles. The molecular formula is C16H15F3N2. The van der Waals surface area contributed by atoms with Gasteiger partial charge in [-0.15, -0.1) is 0 Å². The SMILES string of the molecule is Cc1ccc(NC2CCc3cccnc32)cc1C(F)(F)F. The Kier molecular flexibility index (Phi) is 3.35. The van der Waals surface area contributed by atoms with E-state index in [1.807, 2.05) is 12.1 Å². The lowest BCUT2D eigenvalue weighted by Crippen LogP contribution is -2.11. The van der Waals surface area contributed by atoms with Gasteiger partial charge in [-0.05, 0) is 49.1 Å². The summed E-state index contributed by atoms with van der Waals surface area (Å²) in [5, 5.41) is 3.17. The van der Waals surface area contributed by atoms with E-state index in [2.05, 4.69) is 10.3 Å². The first-order valence-electron chi connectivity index (χ1n) is 6.83. The molecule has 2 nitrogen and oxygen atoms in total. The molecule has 1 aliphatic rings. The molecule has 3 rings (SSSR count). The van der Waals surface area contributed by atoms with Gasteiger partial charge in [0.15, 0.2) is 0 Å². The fourth-order valence-corrected chi connectivity index (χ4v) is 2.77. The minimum absolute atomic E-state index is 0.0232. The van der Waals surface area contributed by atoms with Gasteiger partial charge in [-0.3, -0.25) is 4.98 Å². The van der Waals surface area contributed by atoms with Gasteiger partial charge in [0.1, 0.15) is 0 Å². The third-order valence-electron chi connectivity index (χ3n) is 3.84. The summed E-state index contributed by atoms with van der Waals surface area (Å²) < 4.78 is 38.8. The largest absolute Gasteiger partial charge is 0.416 e. The molecule has 2 aromatic rings. The summed E-state index contributed by atoms with van der Waals surface area (Å²) in [6, 6.07) is 8.24. The van der Waals surface area contributed by atoms with Crippen molar-refractivity contribution in [1.82, 2.24) is 4.98 Å². The number of hydrogen-bond donors (Lipinski definition) is 1. The Morgan fingerprint density at radius 3 is 2.81 bits per heavy atom. The molecule has 0 aliphatic heterocycles. The molecule has 1 heterocycles. The van der Waals surface area contributed by atoms with Crippen LogP contribution in [0, 0.1) is 6.92 Å². The van der Waals surface area contributed by atoms with Crippen LogP contribution in [0.1, 0.15) is 34.8 Å². The van der Waals surface area contributed by atoms with Crippen LogP contribution in [0.3, 0.4) is 0 Å². The monoisotopic (exact) mass is 292 g/mol. The van der Waals surface area contributed by atoms with E-state index in [0.29, 0.717) is 5.69 Å². The maximum Gasteiger partial charge on any atom is 0.416 e. The van der Waals surface area contributed by atoms with Crippen LogP contribution in [0.15, 0.2) is 36.5 Å². The van der Waals surface area contributed by atoms with Crippen molar-refractivity contribution in [2.75, 3.05) is 5.32 Å². The third kappa shape index (κ3) is 2.73. The topological polar surface area (TPSA) is 24.9 Å². The van der Waals surface area contributed by atoms with Gasteiger partial charge in [0.2, 0.25) is 0 Å². The first kappa shape index (κ1) is 13.9. The van der Waals surface area contributed by atoms with Gasteiger partial charge in [0, 0.05) is 11.9 Å². The van der Waals surface area contributed by atoms with E-state index in [1.165, 1.54) is 19.1 Å². The number of alkyl halides is 3. The predicted octanol–water partition coefficient (Wildman–Crippen LogP) is 4.51. The van der Waals surface area contributed by atoms with Crippen molar-refractivity contribution in [3.8, 4) is 0 Å². The number of rotatable bonds is 2. The van der Waals surface area contributed by atoms with Gasteiger partial charge in [-0.1, -0.05) is 12.1 Å². The van der Waals surface area contributed by atoms with Gasteiger partial charge < -0.3 is 5.32 Å². The van der Waals surface area contributed by atoms with Crippen LogP contribution >= 0.6 is 0 Å². The first-order chi connectivity index (χ1) is 9.95. The van der Waals surface area contributed by atoms with Gasteiger partial charge in [0.05, 0.1) is 17.3 Å². The number of anilines is 1. The van der Waals surface area contributed by atoms with E-state index < -0.39 is 11.7 Å². The fraction of sp³-hybridized carbons (Fsp3) is 0.312. The zero-order valence-corrected chi connectivity index (χ0v) is 11.5. The standard InChI is InChI=1S/C16H15F3N2/c1-10-4-6-12(9-13(10)16(17,18)19)21-14-7-5-11-3-2-8-20-15(11)14/h2-4,6,8-9,14,21H,5,7H2,1H3. The first-order valence-corrected chi connectivity index (χ1v) is 6.83. The summed E-state index contributed by atoms with van der Waals surface area (Å²) in [6.07, 6.45) is -0.858. The lowest BCUT2D eigenvalue weighted by atomic mass is 10.1. The maximum atomic E-state index is 12.9. The van der Waals surface area contributed by atoms with E-state index >= 15 is 0 Å². The summed E-state index contributed by atoms with van der Waals surface area (Å²) in [4.78, 5) is 4.34. The van der Waals surface area contributed by atoms with E-state index in [9.17, 15) is 13.2 Å². The molecule has 0 saturated heterocycles. The van der Waals surface area contributed by atoms with Crippen molar-refractivity contribution in [1.29, 1.82) is 0 Å². The molecule has 0 fully saturated rings. The van der Waals surface area contributed by atoms with Gasteiger partial charge in [-0.25, -0.2) is 0 Å². The molecule has 0 bridgehead atoms. The number of nitrogens with zero attached hydrogens (tertiary/aromatic N) is 1. The number of aromatic nitrogens is 1. The molecule has 1 unspecified atom stereocenters. The van der Waals surface area contributed by atoms with Crippen LogP contribution in [0.25, 0.3) is 0 Å². The predicted molar refractivity (Wildman–Crippen MR) is 75.1 cm³/mol. The van der Waals surface area contributed by atoms with Crippen molar-refractivity contribution in [3.63, 3.8) is 0 Å². The highest BCUT2D eigenvalue weighted by Crippen LogP contribution is 2.36. The van der Waals surface area contributed by atoms with Gasteiger partial charge in [-0.2, -0.15) is 13.2 Å². The van der Waals surface area contributed by atoms with Crippen molar-refractivity contribution in [2.45, 2.75) is 32.0 Å². The molecule has 0 radical (unpaired) electrons. The van der Waals surface area contributed by atoms with Crippen molar-refractivity contribution < 1.29 is 13.2 Å². The lowest BCUT2D eigenvalue weighted by molar-refractivity contribution is -0.138. The zero-order chi connectivity index (χ0) is 15.0. The number of pyridine rings is 1. The van der Waals surface area contributed by atoms with Crippen LogP contribution in [0.2, 0.25) is 0 Å². The Balaban J connectivity index is 1.87. The maximum absolute atomic E-state index is 12.9. The molecule has 1 atom stereocenters. The van der Waals surface area contributed by atoms with Gasteiger partial charge in [0.25, 0.3) is 0 Å². The number of hydrogen-bond acceptors (Lipinski definition) is 2. The second-order valence-electron chi connectivity index (χ2n) is 5.31. The summed E-state index contributed by atoms with van der Waals surface area (Å²) in [5.41, 5.74) is 2.23. The molecule has 1 aromatic carbocycles. The molecule has 1 N–H and O–H groups in total. The molecule has 21 heavy (non-hydrogen) atoms. The Morgan fingerprint density at radius 2 is 2.05 bits per heavy atom. The highest BCUT2D eigenvalue weighted by Gasteiger charge is 2.33. The highest BCUT2D eigenvalue weighted by molar-refractivity contribution is 5.51. The second-order valence-corrected chi connectivity index (χ2v) is 5.31. The van der Waals surface area contributed by atoms with E-state index in [4.69, 9.17) is 0 Å². The van der Waals surface area contributed by atoms with E-state index in [-0.39, 0.29) is 11.6 Å². The van der Waals surface area contributed by atoms with E-state index in [1.54, 1.807) is 12.3 Å². The summed E-state index contributed by atoms with van der Waals surface area (Å²) in [5.74, 6) is 0. The summed E-state index contributed by atoms with van der Waals surface area (Å²) in [6.45, 7) is 1.47. The number of fused-ring (bicyclic) bond motifs is 1. The minimum atomic E-state index is -4.33. The molecule has 5 heteroatoms. The van der Waals surface area contributed by atoms with E-state index in [0.717, 1.165) is 24.1 Å². The Hall–Kier alpha value is -2.04. The normalized spacial score (nSPS) is 17.6. The number of aryl methyl sites for hydroxylation is 2. The molecule has 110 valence electrons. The van der Waals surface area contributed by atoms with Gasteiger partial charge >= 0.3 is 6.18 Å². The number of benzene rings is 1. The molecular weight excluding hydrogens is 277 g/mol. The van der Waals surface area contributed by atoms with Crippen molar-refractivity contribution >= 4 is 5.69 Å². The summed E-state index contributed by atoms with van der Waals surface area (Å²) in [7, 11) is 0. The van der Waals surface area contributed by atoms with Crippen molar-refractivity contribution in [3.05, 3.63) is 58.9 Å². The van der Waals surface area contributed by atoms with Crippen LogP contribution in [0.4, 0.5) is 18.9 Å². The quantitative estimate of drug-likeness (QED) is 0.881. The zero-order valence-electron chi connectivity index (χ0n) is 11.5. The smallest absolute Gasteiger partial charge is 0.377 e. The van der Waals surface area contributed by atoms with Crippen LogP contribution in [0.5, 0.6) is 0 Å². The molecule has 0 spiro atoms. The Labute approximate surface area is 121 Å².